The number of nitrogens with zero attached hydrogens (tertiary/aromatic N) is 7. The van der Waals surface area contributed by atoms with Crippen LogP contribution < -0.4 is 10.6 Å². The first-order chi connectivity index (χ1) is 13.2. The number of fused-ring (bicyclic) bond motifs is 1. The Morgan fingerprint density at radius 3 is 2.54 bits per heavy atom. The SMILES string of the molecule is Cc1nc2ccccc2n1CCN=C(N)N1CCN(c2ncccn2)CC1.I. The molecule has 2 aromatic heterocycles. The summed E-state index contributed by atoms with van der Waals surface area (Å²) in [7, 11) is 0. The molecule has 8 nitrogen and oxygen atoms in total. The average Bonchev–Trinajstić information content (AvgIpc) is 3.04. The number of nitrogens with two attached hydrogens (primary N) is 1. The maximum Gasteiger partial charge on any atom is 0.225 e. The van der Waals surface area contributed by atoms with Gasteiger partial charge in [-0.2, -0.15) is 0 Å². The van der Waals surface area contributed by atoms with E-state index in [0.29, 0.717) is 12.5 Å². The lowest BCUT2D eigenvalue weighted by Gasteiger charge is -2.35. The molecule has 0 unspecified atom stereocenters. The van der Waals surface area contributed by atoms with E-state index in [0.717, 1.165) is 55.5 Å². The van der Waals surface area contributed by atoms with Gasteiger partial charge in [0.25, 0.3) is 0 Å². The van der Waals surface area contributed by atoms with Crippen molar-refractivity contribution in [3.05, 3.63) is 48.5 Å². The maximum absolute atomic E-state index is 6.22. The molecule has 1 fully saturated rings. The Hall–Kier alpha value is -2.43. The molecule has 1 saturated heterocycles. The smallest absolute Gasteiger partial charge is 0.225 e. The number of hydrogen-bond acceptors (Lipinski definition) is 5. The predicted molar refractivity (Wildman–Crippen MR) is 122 cm³/mol. The van der Waals surface area contributed by atoms with Crippen LogP contribution in [0.15, 0.2) is 47.7 Å². The molecule has 0 saturated carbocycles. The molecule has 0 aliphatic carbocycles. The van der Waals surface area contributed by atoms with Gasteiger partial charge in [-0.1, -0.05) is 12.1 Å². The molecule has 0 bridgehead atoms. The highest BCUT2D eigenvalue weighted by Gasteiger charge is 2.19. The molecule has 3 heterocycles. The van der Waals surface area contributed by atoms with Crippen molar-refractivity contribution >= 4 is 46.9 Å². The second kappa shape index (κ2) is 9.18. The number of hydrogen-bond donors (Lipinski definition) is 1. The highest BCUT2D eigenvalue weighted by Crippen LogP contribution is 2.15. The van der Waals surface area contributed by atoms with Crippen molar-refractivity contribution < 1.29 is 0 Å². The molecule has 0 amide bonds. The zero-order chi connectivity index (χ0) is 18.6. The fourth-order valence-corrected chi connectivity index (χ4v) is 3.43. The molecular weight excluding hydrogens is 467 g/mol. The Morgan fingerprint density at radius 1 is 1.07 bits per heavy atom. The van der Waals surface area contributed by atoms with Crippen LogP contribution in [0.3, 0.4) is 0 Å². The Kier molecular flexibility index (Phi) is 6.65. The number of aromatic nitrogens is 4. The van der Waals surface area contributed by atoms with Gasteiger partial charge in [-0.25, -0.2) is 15.0 Å². The third kappa shape index (κ3) is 4.34. The van der Waals surface area contributed by atoms with Gasteiger partial charge in [-0.15, -0.1) is 24.0 Å². The van der Waals surface area contributed by atoms with E-state index in [9.17, 15) is 0 Å². The number of piperazine rings is 1. The molecule has 1 aromatic carbocycles. The molecular formula is C19H25IN8. The molecule has 9 heteroatoms. The zero-order valence-electron chi connectivity index (χ0n) is 15.9. The van der Waals surface area contributed by atoms with Crippen molar-refractivity contribution in [2.45, 2.75) is 13.5 Å². The highest BCUT2D eigenvalue weighted by atomic mass is 127. The number of aryl methyl sites for hydroxylation is 1. The molecule has 0 spiro atoms. The molecule has 0 atom stereocenters. The maximum atomic E-state index is 6.22. The zero-order valence-corrected chi connectivity index (χ0v) is 18.2. The van der Waals surface area contributed by atoms with Gasteiger partial charge in [0.2, 0.25) is 5.95 Å². The molecule has 148 valence electrons. The summed E-state index contributed by atoms with van der Waals surface area (Å²) in [6.45, 7) is 6.75. The van der Waals surface area contributed by atoms with Crippen molar-refractivity contribution in [1.29, 1.82) is 0 Å². The third-order valence-electron chi connectivity index (χ3n) is 4.88. The van der Waals surface area contributed by atoms with E-state index in [1.165, 1.54) is 0 Å². The van der Waals surface area contributed by atoms with Crippen LogP contribution in [0.2, 0.25) is 0 Å². The van der Waals surface area contributed by atoms with Crippen LogP contribution in [0.1, 0.15) is 5.82 Å². The molecule has 2 N–H and O–H groups in total. The molecule has 1 aliphatic rings. The number of rotatable bonds is 4. The minimum absolute atomic E-state index is 0. The van der Waals surface area contributed by atoms with Crippen LogP contribution in [-0.4, -0.2) is 63.1 Å². The Balaban J connectivity index is 0.00000225. The second-order valence-electron chi connectivity index (χ2n) is 6.56. The largest absolute Gasteiger partial charge is 0.370 e. The number of imidazole rings is 1. The van der Waals surface area contributed by atoms with E-state index in [4.69, 9.17) is 5.73 Å². The summed E-state index contributed by atoms with van der Waals surface area (Å²) >= 11 is 0. The van der Waals surface area contributed by atoms with Gasteiger partial charge in [-0.3, -0.25) is 4.99 Å². The Labute approximate surface area is 181 Å². The number of benzene rings is 1. The van der Waals surface area contributed by atoms with Crippen LogP contribution in [-0.2, 0) is 6.54 Å². The van der Waals surface area contributed by atoms with Crippen LogP contribution >= 0.6 is 24.0 Å². The van der Waals surface area contributed by atoms with Crippen molar-refractivity contribution in [2.75, 3.05) is 37.6 Å². The van der Waals surface area contributed by atoms with Gasteiger partial charge in [0.1, 0.15) is 5.82 Å². The molecule has 4 rings (SSSR count). The van der Waals surface area contributed by atoms with Crippen LogP contribution in [0.4, 0.5) is 5.95 Å². The molecule has 0 radical (unpaired) electrons. The quantitative estimate of drug-likeness (QED) is 0.340. The van der Waals surface area contributed by atoms with E-state index < -0.39 is 0 Å². The second-order valence-corrected chi connectivity index (χ2v) is 6.56. The Morgan fingerprint density at radius 2 is 1.79 bits per heavy atom. The lowest BCUT2D eigenvalue weighted by Crippen LogP contribution is -2.51. The first kappa shape index (κ1) is 20.3. The topological polar surface area (TPSA) is 88.5 Å². The predicted octanol–water partition coefficient (Wildman–Crippen LogP) is 1.89. The van der Waals surface area contributed by atoms with E-state index in [2.05, 4.69) is 40.4 Å². The lowest BCUT2D eigenvalue weighted by molar-refractivity contribution is 0.378. The van der Waals surface area contributed by atoms with Gasteiger partial charge < -0.3 is 20.1 Å². The fraction of sp³-hybridized carbons (Fsp3) is 0.368. The third-order valence-corrected chi connectivity index (χ3v) is 4.88. The minimum Gasteiger partial charge on any atom is -0.370 e. The van der Waals surface area contributed by atoms with Crippen LogP contribution in [0.5, 0.6) is 0 Å². The van der Waals surface area contributed by atoms with Crippen molar-refractivity contribution in [3.63, 3.8) is 0 Å². The number of anilines is 1. The number of halogens is 1. The summed E-state index contributed by atoms with van der Waals surface area (Å²) in [5.74, 6) is 2.38. The first-order valence-electron chi connectivity index (χ1n) is 9.21. The first-order valence-corrected chi connectivity index (χ1v) is 9.21. The van der Waals surface area contributed by atoms with Crippen molar-refractivity contribution in [2.24, 2.45) is 10.7 Å². The van der Waals surface area contributed by atoms with Gasteiger partial charge >= 0.3 is 0 Å². The summed E-state index contributed by atoms with van der Waals surface area (Å²) in [5, 5.41) is 0. The van der Waals surface area contributed by atoms with Gasteiger partial charge in [0.15, 0.2) is 5.96 Å². The number of para-hydroxylation sites is 2. The standard InChI is InChI=1S/C19H24N8.HI/c1-15-24-16-5-2-3-6-17(16)27(15)10-9-21-18(20)25-11-13-26(14-12-25)19-22-7-4-8-23-19;/h2-8H,9-14H2,1H3,(H2,20,21);1H. The average molecular weight is 492 g/mol. The molecule has 1 aliphatic heterocycles. The number of guanidine groups is 1. The lowest BCUT2D eigenvalue weighted by atomic mass is 10.3. The highest BCUT2D eigenvalue weighted by molar-refractivity contribution is 14.0. The number of aliphatic imine (C=N–C) groups is 1. The monoisotopic (exact) mass is 492 g/mol. The molecule has 3 aromatic rings. The fourth-order valence-electron chi connectivity index (χ4n) is 3.43. The normalized spacial score (nSPS) is 15.0. The molecule has 28 heavy (non-hydrogen) atoms. The van der Waals surface area contributed by atoms with E-state index >= 15 is 0 Å². The van der Waals surface area contributed by atoms with E-state index in [1.54, 1.807) is 12.4 Å². The summed E-state index contributed by atoms with van der Waals surface area (Å²) in [5.41, 5.74) is 8.38. The Bertz CT molecular complexity index is 932. The summed E-state index contributed by atoms with van der Waals surface area (Å²) in [6, 6.07) is 10.00. The van der Waals surface area contributed by atoms with Gasteiger partial charge in [-0.05, 0) is 25.1 Å². The van der Waals surface area contributed by atoms with Gasteiger partial charge in [0.05, 0.1) is 17.6 Å². The van der Waals surface area contributed by atoms with E-state index in [1.807, 2.05) is 31.2 Å². The van der Waals surface area contributed by atoms with Crippen LogP contribution in [0, 0.1) is 6.92 Å². The summed E-state index contributed by atoms with van der Waals surface area (Å²) in [6.07, 6.45) is 3.54. The van der Waals surface area contributed by atoms with Crippen LogP contribution in [0.25, 0.3) is 11.0 Å². The summed E-state index contributed by atoms with van der Waals surface area (Å²) < 4.78 is 2.19. The van der Waals surface area contributed by atoms with E-state index in [-0.39, 0.29) is 24.0 Å². The summed E-state index contributed by atoms with van der Waals surface area (Å²) in [4.78, 5) is 22.1. The van der Waals surface area contributed by atoms with Crippen molar-refractivity contribution in [1.82, 2.24) is 24.4 Å². The van der Waals surface area contributed by atoms with Crippen molar-refractivity contribution in [3.8, 4) is 0 Å². The minimum atomic E-state index is 0. The van der Waals surface area contributed by atoms with Gasteiger partial charge in [0, 0.05) is 45.1 Å².